The molecule has 3 atom stereocenters. The monoisotopic (exact) mass is 449 g/mol. The van der Waals surface area contributed by atoms with E-state index in [-0.39, 0.29) is 12.7 Å². The second-order valence-corrected chi connectivity index (χ2v) is 9.86. The highest BCUT2D eigenvalue weighted by Gasteiger charge is 2.44. The number of amides is 1. The van der Waals surface area contributed by atoms with Gasteiger partial charge in [-0.15, -0.1) is 0 Å². The predicted molar refractivity (Wildman–Crippen MR) is 109 cm³/mol. The van der Waals surface area contributed by atoms with Crippen molar-refractivity contribution in [1.82, 2.24) is 9.96 Å². The first-order chi connectivity index (χ1) is 14.1. The second-order valence-electron chi connectivity index (χ2n) is 8.66. The number of unbranched alkanes of at least 4 members (excludes halogenated alkanes) is 4. The minimum absolute atomic E-state index is 0.143. The second kappa shape index (κ2) is 10.9. The number of rotatable bonds is 13. The molecule has 0 saturated carbocycles. The fourth-order valence-corrected chi connectivity index (χ4v) is 4.48. The molecule has 10 nitrogen and oxygen atoms in total. The maximum atomic E-state index is 12.3. The summed E-state index contributed by atoms with van der Waals surface area (Å²) in [6.07, 6.45) is 6.32. The lowest BCUT2D eigenvalue weighted by molar-refractivity contribution is -0.156. The molecule has 2 aliphatic rings. The van der Waals surface area contributed by atoms with Crippen LogP contribution in [-0.4, -0.2) is 68.8 Å². The molecule has 0 aliphatic carbocycles. The molecule has 0 radical (unpaired) electrons. The van der Waals surface area contributed by atoms with E-state index in [2.05, 4.69) is 6.92 Å². The van der Waals surface area contributed by atoms with Gasteiger partial charge in [-0.2, -0.15) is 17.8 Å². The zero-order valence-corrected chi connectivity index (χ0v) is 19.0. The Morgan fingerprint density at radius 3 is 2.50 bits per heavy atom. The predicted octanol–water partition coefficient (Wildman–Crippen LogP) is 1.31. The first-order valence-corrected chi connectivity index (χ1v) is 12.0. The number of esters is 1. The lowest BCUT2D eigenvalue weighted by Gasteiger charge is -2.28. The molecular weight excluding hydrogens is 414 g/mol. The summed E-state index contributed by atoms with van der Waals surface area (Å²) < 4.78 is 39.9. The van der Waals surface area contributed by atoms with Crippen molar-refractivity contribution in [3.05, 3.63) is 0 Å². The summed E-state index contributed by atoms with van der Waals surface area (Å²) in [5, 5.41) is 1.29. The fourth-order valence-electron chi connectivity index (χ4n) is 3.60. The zero-order valence-electron chi connectivity index (χ0n) is 18.2. The number of nitrogens with zero attached hydrogens (tertiary/aromatic N) is 2. The van der Waals surface area contributed by atoms with E-state index >= 15 is 0 Å². The first kappa shape index (κ1) is 25.0. The van der Waals surface area contributed by atoms with Crippen molar-refractivity contribution in [3.8, 4) is 0 Å². The quantitative estimate of drug-likeness (QED) is 0.327. The first-order valence-electron chi connectivity index (χ1n) is 10.6. The molecular formula is C19H35N3O7S. The minimum atomic E-state index is -4.37. The largest absolute Gasteiger partial charge is 0.465 e. The molecule has 1 unspecified atom stereocenters. The smallest absolute Gasteiger partial charge is 0.416 e. The molecule has 2 fully saturated rings. The number of carbonyl (C=O) groups is 2. The summed E-state index contributed by atoms with van der Waals surface area (Å²) in [6.45, 7) is 5.81. The summed E-state index contributed by atoms with van der Waals surface area (Å²) in [4.78, 5) is 25.5. The van der Waals surface area contributed by atoms with Crippen LogP contribution in [0.1, 0.15) is 65.7 Å². The van der Waals surface area contributed by atoms with Gasteiger partial charge in [0.1, 0.15) is 0 Å². The van der Waals surface area contributed by atoms with Gasteiger partial charge in [0.2, 0.25) is 5.91 Å². The van der Waals surface area contributed by atoms with Gasteiger partial charge in [0.25, 0.3) is 0 Å². The van der Waals surface area contributed by atoms with Crippen LogP contribution in [0.5, 0.6) is 0 Å². The van der Waals surface area contributed by atoms with Crippen molar-refractivity contribution >= 4 is 22.3 Å². The van der Waals surface area contributed by atoms with Crippen LogP contribution in [0.25, 0.3) is 0 Å². The Bertz CT molecular complexity index is 698. The number of hydroxylamine groups is 2. The van der Waals surface area contributed by atoms with E-state index in [1.54, 1.807) is 18.7 Å². The summed E-state index contributed by atoms with van der Waals surface area (Å²) in [5.74, 6) is -0.944. The average molecular weight is 450 g/mol. The van der Waals surface area contributed by atoms with Crippen LogP contribution in [-0.2, 0) is 33.2 Å². The number of hydrogen-bond donors (Lipinski definition) is 1. The molecule has 2 N–H and O–H groups in total. The van der Waals surface area contributed by atoms with E-state index < -0.39 is 40.3 Å². The summed E-state index contributed by atoms with van der Waals surface area (Å²) in [7, 11) is -4.37. The van der Waals surface area contributed by atoms with Gasteiger partial charge in [0, 0.05) is 6.54 Å². The Balaban J connectivity index is 1.77. The van der Waals surface area contributed by atoms with Gasteiger partial charge in [0.05, 0.1) is 37.4 Å². The number of carbonyl (C=O) groups excluding carboxylic acids is 2. The zero-order chi connectivity index (χ0) is 22.4. The van der Waals surface area contributed by atoms with E-state index in [4.69, 9.17) is 18.9 Å². The van der Waals surface area contributed by atoms with E-state index in [1.165, 1.54) is 5.06 Å². The van der Waals surface area contributed by atoms with Crippen molar-refractivity contribution in [2.45, 2.75) is 77.8 Å². The van der Waals surface area contributed by atoms with Crippen molar-refractivity contribution in [1.29, 1.82) is 0 Å². The maximum Gasteiger partial charge on any atom is 0.416 e. The SMILES string of the molecule is CCCCCCCOC(=O)C(C)(C)COS(=O)(=O)ON1CN2C[C@H]1CC[C@H]2C(N)=O. The summed E-state index contributed by atoms with van der Waals surface area (Å²) in [6, 6.07) is -0.584. The topological polar surface area (TPSA) is 128 Å². The molecule has 2 bridgehead atoms. The normalized spacial score (nSPS) is 24.7. The molecule has 174 valence electrons. The molecule has 0 aromatic carbocycles. The van der Waals surface area contributed by atoms with Crippen LogP contribution in [0.4, 0.5) is 0 Å². The van der Waals surface area contributed by atoms with Crippen molar-refractivity contribution in [3.63, 3.8) is 0 Å². The third kappa shape index (κ3) is 7.16. The summed E-state index contributed by atoms with van der Waals surface area (Å²) in [5.41, 5.74) is 4.25. The molecule has 30 heavy (non-hydrogen) atoms. The molecule has 11 heteroatoms. The van der Waals surface area contributed by atoms with Crippen LogP contribution in [0.2, 0.25) is 0 Å². The number of hydrogen-bond acceptors (Lipinski definition) is 9. The molecule has 2 aliphatic heterocycles. The molecule has 1 amide bonds. The van der Waals surface area contributed by atoms with E-state index in [9.17, 15) is 18.0 Å². The standard InChI is InChI=1S/C19H35N3O7S/c1-4-5-6-7-8-11-27-18(24)19(2,3)13-28-30(25,26)29-22-14-21-12-15(22)9-10-16(21)17(20)23/h15-16H,4-14H2,1-3H3,(H2,20,23)/t15-,16+/m1/s1. The van der Waals surface area contributed by atoms with Crippen molar-refractivity contribution in [2.24, 2.45) is 11.1 Å². The number of ether oxygens (including phenoxy) is 1. The Labute approximate surface area is 179 Å². The van der Waals surface area contributed by atoms with Crippen LogP contribution in [0, 0.1) is 5.41 Å². The highest BCUT2D eigenvalue weighted by molar-refractivity contribution is 7.81. The Hall–Kier alpha value is -1.27. The van der Waals surface area contributed by atoms with Gasteiger partial charge in [-0.1, -0.05) is 32.6 Å². The van der Waals surface area contributed by atoms with E-state index in [0.29, 0.717) is 26.0 Å². The van der Waals surface area contributed by atoms with Crippen molar-refractivity contribution < 1.29 is 31.2 Å². The molecule has 2 rings (SSSR count). The van der Waals surface area contributed by atoms with Crippen LogP contribution in [0.3, 0.4) is 0 Å². The van der Waals surface area contributed by atoms with Gasteiger partial charge >= 0.3 is 16.4 Å². The van der Waals surface area contributed by atoms with Gasteiger partial charge in [-0.25, -0.2) is 4.18 Å². The molecule has 0 spiro atoms. The van der Waals surface area contributed by atoms with Gasteiger partial charge in [0.15, 0.2) is 0 Å². The average Bonchev–Trinajstić information content (AvgIpc) is 2.97. The molecule has 2 saturated heterocycles. The lowest BCUT2D eigenvalue weighted by atomic mass is 9.95. The van der Waals surface area contributed by atoms with E-state index in [1.807, 2.05) is 0 Å². The molecule has 2 heterocycles. The van der Waals surface area contributed by atoms with Crippen molar-refractivity contribution in [2.75, 3.05) is 26.4 Å². The maximum absolute atomic E-state index is 12.3. The Morgan fingerprint density at radius 2 is 1.83 bits per heavy atom. The molecule has 0 aromatic rings. The van der Waals surface area contributed by atoms with Crippen LogP contribution >= 0.6 is 0 Å². The van der Waals surface area contributed by atoms with Gasteiger partial charge in [-0.05, 0) is 33.1 Å². The summed E-state index contributed by atoms with van der Waals surface area (Å²) >= 11 is 0. The number of fused-ring (bicyclic) bond motifs is 2. The van der Waals surface area contributed by atoms with Crippen LogP contribution in [0.15, 0.2) is 0 Å². The third-order valence-corrected chi connectivity index (χ3v) is 6.28. The fraction of sp³-hybridized carbons (Fsp3) is 0.895. The van der Waals surface area contributed by atoms with Gasteiger partial charge < -0.3 is 10.5 Å². The Morgan fingerprint density at radius 1 is 1.13 bits per heavy atom. The Kier molecular flexibility index (Phi) is 9.04. The number of piperidine rings is 1. The highest BCUT2D eigenvalue weighted by atomic mass is 32.3. The minimum Gasteiger partial charge on any atom is -0.465 e. The number of primary amides is 1. The number of nitrogens with two attached hydrogens (primary N) is 1. The lowest BCUT2D eigenvalue weighted by Crippen LogP contribution is -2.46. The van der Waals surface area contributed by atoms with Gasteiger partial charge in [-0.3, -0.25) is 14.5 Å². The molecule has 0 aromatic heterocycles. The highest BCUT2D eigenvalue weighted by Crippen LogP contribution is 2.29. The van der Waals surface area contributed by atoms with Crippen LogP contribution < -0.4 is 5.73 Å². The van der Waals surface area contributed by atoms with E-state index in [0.717, 1.165) is 32.1 Å². The third-order valence-electron chi connectivity index (χ3n) is 5.50.